The van der Waals surface area contributed by atoms with Crippen LogP contribution in [0.25, 0.3) is 0 Å². The largest absolute Gasteiger partial charge is 0.492 e. The third-order valence-corrected chi connectivity index (χ3v) is 3.47. The molecule has 1 aliphatic heterocycles. The average Bonchev–Trinajstić information content (AvgIpc) is 2.47. The van der Waals surface area contributed by atoms with E-state index in [1.54, 1.807) is 5.94 Å². The molecule has 0 radical (unpaired) electrons. The molecule has 0 saturated carbocycles. The van der Waals surface area contributed by atoms with Gasteiger partial charge in [-0.2, -0.15) is 0 Å². The van der Waals surface area contributed by atoms with Crippen LogP contribution in [0.4, 0.5) is 0 Å². The zero-order valence-corrected chi connectivity index (χ0v) is 11.3. The SMILES string of the molecule is O=C=CCc1ccc(OCCN2CCCCC2)cc1. The van der Waals surface area contributed by atoms with Gasteiger partial charge in [0.1, 0.15) is 18.3 Å². The maximum Gasteiger partial charge on any atom is 0.120 e. The van der Waals surface area contributed by atoms with Gasteiger partial charge in [0.15, 0.2) is 0 Å². The first-order valence-corrected chi connectivity index (χ1v) is 7.02. The first-order valence-electron chi connectivity index (χ1n) is 7.02. The van der Waals surface area contributed by atoms with E-state index in [1.807, 2.05) is 24.3 Å². The van der Waals surface area contributed by atoms with E-state index in [9.17, 15) is 4.79 Å². The van der Waals surface area contributed by atoms with Gasteiger partial charge in [0.05, 0.1) is 0 Å². The summed E-state index contributed by atoms with van der Waals surface area (Å²) in [7, 11) is 0. The lowest BCUT2D eigenvalue weighted by Crippen LogP contribution is -2.33. The summed E-state index contributed by atoms with van der Waals surface area (Å²) >= 11 is 0. The fourth-order valence-corrected chi connectivity index (χ4v) is 2.36. The minimum atomic E-state index is 0.636. The van der Waals surface area contributed by atoms with Crippen LogP contribution < -0.4 is 4.74 Å². The molecule has 2 rings (SSSR count). The Morgan fingerprint density at radius 2 is 1.89 bits per heavy atom. The molecular formula is C16H21NO2. The minimum absolute atomic E-state index is 0.636. The number of ether oxygens (including phenoxy) is 1. The van der Waals surface area contributed by atoms with Gasteiger partial charge in [-0.25, -0.2) is 4.79 Å². The second-order valence-corrected chi connectivity index (χ2v) is 4.92. The Morgan fingerprint density at radius 3 is 2.58 bits per heavy atom. The molecule has 1 saturated heterocycles. The van der Waals surface area contributed by atoms with Crippen LogP contribution in [-0.2, 0) is 11.2 Å². The van der Waals surface area contributed by atoms with E-state index < -0.39 is 0 Å². The van der Waals surface area contributed by atoms with E-state index in [0.29, 0.717) is 6.42 Å². The molecule has 0 atom stereocenters. The molecule has 19 heavy (non-hydrogen) atoms. The van der Waals surface area contributed by atoms with E-state index in [2.05, 4.69) is 4.90 Å². The normalized spacial score (nSPS) is 15.8. The van der Waals surface area contributed by atoms with E-state index >= 15 is 0 Å². The van der Waals surface area contributed by atoms with Crippen LogP contribution in [0, 0.1) is 0 Å². The molecule has 1 aromatic carbocycles. The number of carbonyl (C=O) groups excluding carboxylic acids is 1. The molecule has 0 unspecified atom stereocenters. The molecule has 0 bridgehead atoms. The number of hydrogen-bond acceptors (Lipinski definition) is 3. The third kappa shape index (κ3) is 4.90. The van der Waals surface area contributed by atoms with Crippen LogP contribution in [0.15, 0.2) is 30.3 Å². The molecule has 0 N–H and O–H groups in total. The fraction of sp³-hybridized carbons (Fsp3) is 0.500. The second kappa shape index (κ2) is 7.78. The van der Waals surface area contributed by atoms with Crippen molar-refractivity contribution in [1.82, 2.24) is 4.90 Å². The Kier molecular flexibility index (Phi) is 5.67. The summed E-state index contributed by atoms with van der Waals surface area (Å²) < 4.78 is 5.74. The predicted octanol–water partition coefficient (Wildman–Crippen LogP) is 2.48. The van der Waals surface area contributed by atoms with Gasteiger partial charge in [-0.05, 0) is 43.6 Å². The van der Waals surface area contributed by atoms with E-state index in [-0.39, 0.29) is 0 Å². The van der Waals surface area contributed by atoms with Crippen LogP contribution >= 0.6 is 0 Å². The Morgan fingerprint density at radius 1 is 1.16 bits per heavy atom. The highest BCUT2D eigenvalue weighted by atomic mass is 16.5. The van der Waals surface area contributed by atoms with Gasteiger partial charge in [0, 0.05) is 19.0 Å². The van der Waals surface area contributed by atoms with Crippen molar-refractivity contribution in [3.63, 3.8) is 0 Å². The van der Waals surface area contributed by atoms with Crippen molar-refractivity contribution < 1.29 is 9.53 Å². The van der Waals surface area contributed by atoms with Gasteiger partial charge in [0.2, 0.25) is 0 Å². The Hall–Kier alpha value is -1.57. The van der Waals surface area contributed by atoms with Crippen LogP contribution in [0.2, 0.25) is 0 Å². The number of benzene rings is 1. The second-order valence-electron chi connectivity index (χ2n) is 4.92. The standard InChI is InChI=1S/C16H21NO2/c18-13-4-5-15-6-8-16(9-7-15)19-14-12-17-10-2-1-3-11-17/h4,6-9H,1-3,5,10-12,14H2. The van der Waals surface area contributed by atoms with Crippen molar-refractivity contribution in [1.29, 1.82) is 0 Å². The minimum Gasteiger partial charge on any atom is -0.492 e. The number of hydrogen-bond donors (Lipinski definition) is 0. The summed E-state index contributed by atoms with van der Waals surface area (Å²) in [5.41, 5.74) is 1.10. The smallest absolute Gasteiger partial charge is 0.120 e. The number of piperidine rings is 1. The molecule has 0 spiro atoms. The average molecular weight is 259 g/mol. The van der Waals surface area contributed by atoms with Crippen molar-refractivity contribution in [2.45, 2.75) is 25.7 Å². The molecule has 102 valence electrons. The highest BCUT2D eigenvalue weighted by Gasteiger charge is 2.09. The van der Waals surface area contributed by atoms with Gasteiger partial charge >= 0.3 is 0 Å². The number of allylic oxidation sites excluding steroid dienone is 1. The summed E-state index contributed by atoms with van der Waals surface area (Å²) in [6.07, 6.45) is 6.13. The lowest BCUT2D eigenvalue weighted by molar-refractivity contribution is 0.183. The van der Waals surface area contributed by atoms with Gasteiger partial charge in [0.25, 0.3) is 0 Å². The van der Waals surface area contributed by atoms with Crippen LogP contribution in [0.3, 0.4) is 0 Å². The quantitative estimate of drug-likeness (QED) is 0.735. The number of nitrogens with zero attached hydrogens (tertiary/aromatic N) is 1. The van der Waals surface area contributed by atoms with Crippen molar-refractivity contribution in [3.05, 3.63) is 35.9 Å². The van der Waals surface area contributed by atoms with E-state index in [0.717, 1.165) is 24.5 Å². The number of likely N-dealkylation sites (tertiary alicyclic amines) is 1. The summed E-state index contributed by atoms with van der Waals surface area (Å²) in [6.45, 7) is 4.17. The Labute approximate surface area is 114 Å². The van der Waals surface area contributed by atoms with E-state index in [4.69, 9.17) is 4.74 Å². The first-order chi connectivity index (χ1) is 9.38. The molecule has 1 aliphatic rings. The van der Waals surface area contributed by atoms with Crippen LogP contribution in [0.5, 0.6) is 5.75 Å². The lowest BCUT2D eigenvalue weighted by Gasteiger charge is -2.26. The summed E-state index contributed by atoms with van der Waals surface area (Å²) in [6, 6.07) is 7.91. The first kappa shape index (κ1) is 13.9. The van der Waals surface area contributed by atoms with Gasteiger partial charge in [-0.15, -0.1) is 0 Å². The molecule has 1 heterocycles. The highest BCUT2D eigenvalue weighted by Crippen LogP contribution is 2.13. The Balaban J connectivity index is 1.71. The molecule has 3 nitrogen and oxygen atoms in total. The maximum atomic E-state index is 10.1. The van der Waals surface area contributed by atoms with Gasteiger partial charge in [-0.3, -0.25) is 4.90 Å². The van der Waals surface area contributed by atoms with Gasteiger partial charge in [-0.1, -0.05) is 18.6 Å². The maximum absolute atomic E-state index is 10.1. The molecule has 0 aliphatic carbocycles. The zero-order valence-electron chi connectivity index (χ0n) is 11.3. The molecule has 1 aromatic rings. The predicted molar refractivity (Wildman–Crippen MR) is 76.2 cm³/mol. The molecule has 1 fully saturated rings. The lowest BCUT2D eigenvalue weighted by atomic mass is 10.1. The van der Waals surface area contributed by atoms with Crippen molar-refractivity contribution in [2.75, 3.05) is 26.2 Å². The third-order valence-electron chi connectivity index (χ3n) is 3.47. The number of rotatable bonds is 6. The molecule has 0 aromatic heterocycles. The van der Waals surface area contributed by atoms with E-state index in [1.165, 1.54) is 38.4 Å². The topological polar surface area (TPSA) is 29.5 Å². The monoisotopic (exact) mass is 259 g/mol. The van der Waals surface area contributed by atoms with Crippen LogP contribution in [0.1, 0.15) is 24.8 Å². The highest BCUT2D eigenvalue weighted by molar-refractivity contribution is 5.46. The fourth-order valence-electron chi connectivity index (χ4n) is 2.36. The Bertz CT molecular complexity index is 415. The summed E-state index contributed by atoms with van der Waals surface area (Å²) in [5.74, 6) is 2.69. The molecule has 3 heteroatoms. The van der Waals surface area contributed by atoms with Crippen LogP contribution in [-0.4, -0.2) is 37.1 Å². The molecule has 0 amide bonds. The van der Waals surface area contributed by atoms with Crippen molar-refractivity contribution >= 4 is 5.94 Å². The van der Waals surface area contributed by atoms with Gasteiger partial charge < -0.3 is 4.74 Å². The summed E-state index contributed by atoms with van der Waals surface area (Å²) in [5, 5.41) is 0. The van der Waals surface area contributed by atoms with Crippen molar-refractivity contribution in [2.24, 2.45) is 0 Å². The zero-order chi connectivity index (χ0) is 13.3. The summed E-state index contributed by atoms with van der Waals surface area (Å²) in [4.78, 5) is 12.6. The molecular weight excluding hydrogens is 238 g/mol. The van der Waals surface area contributed by atoms with Crippen molar-refractivity contribution in [3.8, 4) is 5.75 Å².